The molecule has 1 aromatic heterocycles. The maximum atomic E-state index is 11.9. The highest BCUT2D eigenvalue weighted by Crippen LogP contribution is 2.17. The average Bonchev–Trinajstić information content (AvgIpc) is 3.15. The van der Waals surface area contributed by atoms with Crippen molar-refractivity contribution in [3.05, 3.63) is 41.6 Å². The second-order valence-corrected chi connectivity index (χ2v) is 6.43. The molecule has 0 radical (unpaired) electrons. The van der Waals surface area contributed by atoms with Crippen molar-refractivity contribution in [1.82, 2.24) is 15.3 Å². The number of nitrogens with one attached hydrogen (secondary N) is 3. The van der Waals surface area contributed by atoms with Gasteiger partial charge in [-0.15, -0.1) is 0 Å². The lowest BCUT2D eigenvalue weighted by atomic mass is 10.2. The maximum Gasteiger partial charge on any atom is 0.249 e. The maximum absolute atomic E-state index is 11.9. The second-order valence-electron chi connectivity index (χ2n) is 6.43. The van der Waals surface area contributed by atoms with Gasteiger partial charge in [0.2, 0.25) is 11.9 Å². The van der Waals surface area contributed by atoms with Gasteiger partial charge in [-0.1, -0.05) is 17.7 Å². The molecule has 7 heteroatoms. The smallest absolute Gasteiger partial charge is 0.249 e. The molecule has 0 bridgehead atoms. The number of aryl methyl sites for hydroxylation is 2. The molecule has 2 heterocycles. The fourth-order valence-corrected chi connectivity index (χ4v) is 2.75. The molecule has 1 atom stereocenters. The third-order valence-electron chi connectivity index (χ3n) is 4.11. The van der Waals surface area contributed by atoms with Gasteiger partial charge < -0.3 is 20.7 Å². The molecular formula is C19H25N5O2. The first kappa shape index (κ1) is 18.1. The van der Waals surface area contributed by atoms with Crippen LogP contribution in [0.4, 0.5) is 17.5 Å². The van der Waals surface area contributed by atoms with E-state index in [0.717, 1.165) is 30.0 Å². The number of ether oxygens (including phenoxy) is 1. The summed E-state index contributed by atoms with van der Waals surface area (Å²) >= 11 is 0. The van der Waals surface area contributed by atoms with Gasteiger partial charge >= 0.3 is 0 Å². The van der Waals surface area contributed by atoms with E-state index in [4.69, 9.17) is 4.74 Å². The largest absolute Gasteiger partial charge is 0.368 e. The van der Waals surface area contributed by atoms with Crippen LogP contribution in [0.25, 0.3) is 0 Å². The summed E-state index contributed by atoms with van der Waals surface area (Å²) in [6.07, 6.45) is 1.45. The minimum Gasteiger partial charge on any atom is -0.368 e. The van der Waals surface area contributed by atoms with E-state index in [2.05, 4.69) is 32.8 Å². The van der Waals surface area contributed by atoms with Crippen LogP contribution in [-0.2, 0) is 9.53 Å². The molecule has 1 saturated heterocycles. The molecule has 1 unspecified atom stereocenters. The number of anilines is 3. The molecule has 1 amide bonds. The summed E-state index contributed by atoms with van der Waals surface area (Å²) in [5.74, 6) is 1.22. The monoisotopic (exact) mass is 355 g/mol. The van der Waals surface area contributed by atoms with Gasteiger partial charge in [-0.25, -0.2) is 4.98 Å². The number of aromatic nitrogens is 2. The van der Waals surface area contributed by atoms with E-state index < -0.39 is 0 Å². The Morgan fingerprint density at radius 1 is 1.19 bits per heavy atom. The van der Waals surface area contributed by atoms with Crippen molar-refractivity contribution in [3.63, 3.8) is 0 Å². The molecule has 1 fully saturated rings. The van der Waals surface area contributed by atoms with E-state index in [0.29, 0.717) is 25.6 Å². The molecule has 26 heavy (non-hydrogen) atoms. The van der Waals surface area contributed by atoms with Gasteiger partial charge in [0.1, 0.15) is 11.9 Å². The SMILES string of the molecule is Cc1ccc(Nc2cc(C)nc(NCCNC(=O)C3CCCO3)n2)cc1. The number of carbonyl (C=O) groups is 1. The predicted molar refractivity (Wildman–Crippen MR) is 102 cm³/mol. The Bertz CT molecular complexity index is 742. The number of carbonyl (C=O) groups excluding carboxylic acids is 1. The minimum atomic E-state index is -0.296. The molecule has 0 aliphatic carbocycles. The Morgan fingerprint density at radius 2 is 2.00 bits per heavy atom. The normalized spacial score (nSPS) is 16.3. The first-order valence-electron chi connectivity index (χ1n) is 8.93. The summed E-state index contributed by atoms with van der Waals surface area (Å²) in [4.78, 5) is 20.7. The minimum absolute atomic E-state index is 0.0452. The Hall–Kier alpha value is -2.67. The predicted octanol–water partition coefficient (Wildman–Crippen LogP) is 2.54. The van der Waals surface area contributed by atoms with Gasteiger partial charge in [0.05, 0.1) is 0 Å². The molecule has 3 rings (SSSR count). The Kier molecular flexibility index (Phi) is 6.01. The van der Waals surface area contributed by atoms with Gasteiger partial charge in [0.15, 0.2) is 0 Å². The Morgan fingerprint density at radius 3 is 2.73 bits per heavy atom. The summed E-state index contributed by atoms with van der Waals surface area (Å²) < 4.78 is 5.36. The van der Waals surface area contributed by atoms with Crippen LogP contribution < -0.4 is 16.0 Å². The number of hydrogen-bond acceptors (Lipinski definition) is 6. The molecule has 138 valence electrons. The van der Waals surface area contributed by atoms with Crippen LogP contribution in [0.3, 0.4) is 0 Å². The molecule has 1 aromatic carbocycles. The quantitative estimate of drug-likeness (QED) is 0.662. The number of nitrogens with zero attached hydrogens (tertiary/aromatic N) is 2. The molecule has 7 nitrogen and oxygen atoms in total. The van der Waals surface area contributed by atoms with Crippen LogP contribution in [0, 0.1) is 13.8 Å². The topological polar surface area (TPSA) is 88.2 Å². The summed E-state index contributed by atoms with van der Waals surface area (Å²) in [5.41, 5.74) is 3.05. The van der Waals surface area contributed by atoms with Gasteiger partial charge in [-0.2, -0.15) is 4.98 Å². The van der Waals surface area contributed by atoms with Crippen LogP contribution in [0.5, 0.6) is 0 Å². The van der Waals surface area contributed by atoms with Crippen molar-refractivity contribution in [2.45, 2.75) is 32.8 Å². The van der Waals surface area contributed by atoms with Gasteiger partial charge in [0.25, 0.3) is 0 Å². The molecule has 1 aliphatic rings. The lowest BCUT2D eigenvalue weighted by Crippen LogP contribution is -2.36. The van der Waals surface area contributed by atoms with Crippen LogP contribution in [-0.4, -0.2) is 41.7 Å². The third kappa shape index (κ3) is 5.16. The average molecular weight is 355 g/mol. The van der Waals surface area contributed by atoms with Crippen LogP contribution >= 0.6 is 0 Å². The summed E-state index contributed by atoms with van der Waals surface area (Å²) in [5, 5.41) is 9.30. The van der Waals surface area contributed by atoms with Crippen molar-refractivity contribution in [2.24, 2.45) is 0 Å². The van der Waals surface area contributed by atoms with Crippen LogP contribution in [0.2, 0.25) is 0 Å². The summed E-state index contributed by atoms with van der Waals surface area (Å²) in [6.45, 7) is 5.69. The molecule has 0 saturated carbocycles. The fourth-order valence-electron chi connectivity index (χ4n) is 2.75. The van der Waals surface area contributed by atoms with E-state index in [1.807, 2.05) is 37.3 Å². The number of hydrogen-bond donors (Lipinski definition) is 3. The first-order chi connectivity index (χ1) is 12.6. The van der Waals surface area contributed by atoms with Gasteiger partial charge in [0, 0.05) is 37.1 Å². The van der Waals surface area contributed by atoms with Crippen molar-refractivity contribution in [1.29, 1.82) is 0 Å². The number of rotatable bonds is 7. The Balaban J connectivity index is 1.50. The van der Waals surface area contributed by atoms with Crippen molar-refractivity contribution >= 4 is 23.4 Å². The zero-order valence-corrected chi connectivity index (χ0v) is 15.2. The zero-order chi connectivity index (χ0) is 18.4. The van der Waals surface area contributed by atoms with Crippen LogP contribution in [0.15, 0.2) is 30.3 Å². The van der Waals surface area contributed by atoms with Gasteiger partial charge in [-0.3, -0.25) is 4.79 Å². The molecule has 3 N–H and O–H groups in total. The Labute approximate surface area is 153 Å². The van der Waals surface area contributed by atoms with E-state index in [1.54, 1.807) is 0 Å². The van der Waals surface area contributed by atoms with Crippen molar-refractivity contribution in [3.8, 4) is 0 Å². The van der Waals surface area contributed by atoms with E-state index >= 15 is 0 Å². The highest BCUT2D eigenvalue weighted by atomic mass is 16.5. The van der Waals surface area contributed by atoms with Gasteiger partial charge in [-0.05, 0) is 38.8 Å². The second kappa shape index (κ2) is 8.62. The number of benzene rings is 1. The van der Waals surface area contributed by atoms with Crippen LogP contribution in [0.1, 0.15) is 24.1 Å². The highest BCUT2D eigenvalue weighted by Gasteiger charge is 2.22. The summed E-state index contributed by atoms with van der Waals surface area (Å²) in [7, 11) is 0. The van der Waals surface area contributed by atoms with E-state index in [9.17, 15) is 4.79 Å². The standard InChI is InChI=1S/C19H25N5O2/c1-13-5-7-15(8-6-13)23-17-12-14(2)22-19(24-17)21-10-9-20-18(25)16-4-3-11-26-16/h5-8,12,16H,3-4,9-11H2,1-2H3,(H,20,25)(H2,21,22,23,24). The fraction of sp³-hybridized carbons (Fsp3) is 0.421. The molecule has 1 aliphatic heterocycles. The van der Waals surface area contributed by atoms with Crippen molar-refractivity contribution in [2.75, 3.05) is 30.3 Å². The van der Waals surface area contributed by atoms with Crippen molar-refractivity contribution < 1.29 is 9.53 Å². The molecule has 0 spiro atoms. The zero-order valence-electron chi connectivity index (χ0n) is 15.2. The highest BCUT2D eigenvalue weighted by molar-refractivity contribution is 5.80. The molecule has 2 aromatic rings. The van der Waals surface area contributed by atoms with E-state index in [-0.39, 0.29) is 12.0 Å². The lowest BCUT2D eigenvalue weighted by Gasteiger charge is -2.12. The summed E-state index contributed by atoms with van der Waals surface area (Å²) in [6, 6.07) is 10.0. The first-order valence-corrected chi connectivity index (χ1v) is 8.93. The molecular weight excluding hydrogens is 330 g/mol. The number of amides is 1. The third-order valence-corrected chi connectivity index (χ3v) is 4.11. The van der Waals surface area contributed by atoms with E-state index in [1.165, 1.54) is 5.56 Å². The lowest BCUT2D eigenvalue weighted by molar-refractivity contribution is -0.129.